The number of methoxy groups -OCH3 is 1. The average Bonchev–Trinajstić information content (AvgIpc) is 3.46. The Hall–Kier alpha value is -3.34. The molecular weight excluding hydrogens is 393 g/mol. The van der Waals surface area contributed by atoms with Crippen LogP contribution < -0.4 is 14.8 Å². The van der Waals surface area contributed by atoms with Gasteiger partial charge in [-0.2, -0.15) is 0 Å². The SMILES string of the molecule is COc1ccc(-c2cc(NC(=O)C3(c4ccc5c(c4)CCO5)CC3)ccc2C)cc1F. The third-order valence-corrected chi connectivity index (χ3v) is 6.38. The van der Waals surface area contributed by atoms with Crippen LogP contribution in [0.15, 0.2) is 54.6 Å². The second kappa shape index (κ2) is 7.41. The molecule has 5 heteroatoms. The summed E-state index contributed by atoms with van der Waals surface area (Å²) in [5, 5.41) is 3.10. The molecular formula is C26H24FNO3. The van der Waals surface area contributed by atoms with Gasteiger partial charge >= 0.3 is 0 Å². The molecule has 158 valence electrons. The van der Waals surface area contributed by atoms with E-state index >= 15 is 0 Å². The summed E-state index contributed by atoms with van der Waals surface area (Å²) in [6, 6.07) is 16.8. The van der Waals surface area contributed by atoms with Gasteiger partial charge in [-0.1, -0.05) is 24.3 Å². The summed E-state index contributed by atoms with van der Waals surface area (Å²) in [5.74, 6) is 0.726. The number of anilines is 1. The lowest BCUT2D eigenvalue weighted by molar-refractivity contribution is -0.118. The monoisotopic (exact) mass is 417 g/mol. The zero-order valence-electron chi connectivity index (χ0n) is 17.6. The highest BCUT2D eigenvalue weighted by Crippen LogP contribution is 2.50. The molecule has 3 aromatic rings. The van der Waals surface area contributed by atoms with Crippen molar-refractivity contribution < 1.29 is 18.7 Å². The Kier molecular flexibility index (Phi) is 4.69. The Morgan fingerprint density at radius 1 is 1.10 bits per heavy atom. The predicted molar refractivity (Wildman–Crippen MR) is 118 cm³/mol. The third kappa shape index (κ3) is 3.44. The van der Waals surface area contributed by atoms with Gasteiger partial charge in [-0.3, -0.25) is 4.79 Å². The number of hydrogen-bond acceptors (Lipinski definition) is 3. The maximum absolute atomic E-state index is 14.2. The van der Waals surface area contributed by atoms with Crippen LogP contribution >= 0.6 is 0 Å². The minimum Gasteiger partial charge on any atom is -0.494 e. The highest BCUT2D eigenvalue weighted by atomic mass is 19.1. The van der Waals surface area contributed by atoms with Gasteiger partial charge in [0.2, 0.25) is 5.91 Å². The minimum absolute atomic E-state index is 0.00193. The van der Waals surface area contributed by atoms with Crippen molar-refractivity contribution in [3.8, 4) is 22.6 Å². The van der Waals surface area contributed by atoms with E-state index < -0.39 is 11.2 Å². The van der Waals surface area contributed by atoms with Crippen molar-refractivity contribution in [2.45, 2.75) is 31.6 Å². The fourth-order valence-electron chi connectivity index (χ4n) is 4.35. The van der Waals surface area contributed by atoms with Crippen LogP contribution in [0.4, 0.5) is 10.1 Å². The summed E-state index contributed by atoms with van der Waals surface area (Å²) >= 11 is 0. The summed E-state index contributed by atoms with van der Waals surface area (Å²) in [7, 11) is 1.45. The number of benzene rings is 3. The van der Waals surface area contributed by atoms with Crippen LogP contribution in [-0.2, 0) is 16.6 Å². The van der Waals surface area contributed by atoms with E-state index in [2.05, 4.69) is 11.4 Å². The van der Waals surface area contributed by atoms with Gasteiger partial charge in [0, 0.05) is 12.1 Å². The molecule has 1 aliphatic carbocycles. The molecule has 0 unspecified atom stereocenters. The number of aryl methyl sites for hydroxylation is 1. The Bertz CT molecular complexity index is 1180. The van der Waals surface area contributed by atoms with Gasteiger partial charge in [-0.05, 0) is 77.9 Å². The molecule has 0 aromatic heterocycles. The van der Waals surface area contributed by atoms with Crippen molar-refractivity contribution in [2.24, 2.45) is 0 Å². The first-order chi connectivity index (χ1) is 15.0. The molecule has 0 saturated heterocycles. The standard InChI is InChI=1S/C26H24FNO3/c1-16-3-6-20(15-21(16)17-4-7-24(30-2)22(27)14-17)28-25(29)26(10-11-26)19-5-8-23-18(13-19)9-12-31-23/h3-8,13-15H,9-12H2,1-2H3,(H,28,29). The summed E-state index contributed by atoms with van der Waals surface area (Å²) in [6.45, 7) is 2.67. The van der Waals surface area contributed by atoms with Gasteiger partial charge in [0.15, 0.2) is 11.6 Å². The van der Waals surface area contributed by atoms with E-state index in [0.29, 0.717) is 12.3 Å². The van der Waals surface area contributed by atoms with Crippen LogP contribution in [0.3, 0.4) is 0 Å². The van der Waals surface area contributed by atoms with Gasteiger partial charge in [0.05, 0.1) is 19.1 Å². The summed E-state index contributed by atoms with van der Waals surface area (Å²) < 4.78 is 24.8. The lowest BCUT2D eigenvalue weighted by Gasteiger charge is -2.18. The molecule has 0 spiro atoms. The molecule has 1 saturated carbocycles. The quantitative estimate of drug-likeness (QED) is 0.603. The van der Waals surface area contributed by atoms with E-state index in [1.165, 1.54) is 18.7 Å². The van der Waals surface area contributed by atoms with Crippen LogP contribution in [0.25, 0.3) is 11.1 Å². The molecule has 5 rings (SSSR count). The van der Waals surface area contributed by atoms with E-state index in [1.807, 2.05) is 43.3 Å². The van der Waals surface area contributed by atoms with E-state index in [0.717, 1.165) is 47.3 Å². The molecule has 1 heterocycles. The molecule has 1 aliphatic heterocycles. The lowest BCUT2D eigenvalue weighted by atomic mass is 9.92. The van der Waals surface area contributed by atoms with E-state index in [1.54, 1.807) is 6.07 Å². The molecule has 0 radical (unpaired) electrons. The van der Waals surface area contributed by atoms with Crippen molar-refractivity contribution >= 4 is 11.6 Å². The number of carbonyl (C=O) groups is 1. The number of fused-ring (bicyclic) bond motifs is 1. The zero-order chi connectivity index (χ0) is 21.6. The molecule has 1 N–H and O–H groups in total. The maximum Gasteiger partial charge on any atom is 0.235 e. The zero-order valence-corrected chi connectivity index (χ0v) is 17.6. The first kappa shape index (κ1) is 19.6. The number of rotatable bonds is 5. The molecule has 4 nitrogen and oxygen atoms in total. The van der Waals surface area contributed by atoms with Crippen LogP contribution in [0.2, 0.25) is 0 Å². The Morgan fingerprint density at radius 3 is 2.68 bits per heavy atom. The summed E-state index contributed by atoms with van der Waals surface area (Å²) in [4.78, 5) is 13.2. The second-order valence-electron chi connectivity index (χ2n) is 8.34. The fraction of sp³-hybridized carbons (Fsp3) is 0.269. The van der Waals surface area contributed by atoms with E-state index in [9.17, 15) is 9.18 Å². The minimum atomic E-state index is -0.477. The van der Waals surface area contributed by atoms with Crippen molar-refractivity contribution in [1.82, 2.24) is 0 Å². The molecule has 3 aromatic carbocycles. The highest BCUT2D eigenvalue weighted by Gasteiger charge is 2.51. The largest absolute Gasteiger partial charge is 0.494 e. The van der Waals surface area contributed by atoms with Gasteiger partial charge in [0.1, 0.15) is 5.75 Å². The van der Waals surface area contributed by atoms with E-state index in [-0.39, 0.29) is 11.7 Å². The normalized spacial score (nSPS) is 15.7. The smallest absolute Gasteiger partial charge is 0.235 e. The molecule has 1 amide bonds. The second-order valence-corrected chi connectivity index (χ2v) is 8.34. The van der Waals surface area contributed by atoms with Gasteiger partial charge < -0.3 is 14.8 Å². The number of hydrogen-bond donors (Lipinski definition) is 1. The van der Waals surface area contributed by atoms with Crippen LogP contribution in [0, 0.1) is 12.7 Å². The van der Waals surface area contributed by atoms with Crippen molar-refractivity contribution in [3.05, 3.63) is 77.1 Å². The predicted octanol–water partition coefficient (Wildman–Crippen LogP) is 5.41. The first-order valence-electron chi connectivity index (χ1n) is 10.5. The highest BCUT2D eigenvalue weighted by molar-refractivity contribution is 6.02. The number of ether oxygens (including phenoxy) is 2. The topological polar surface area (TPSA) is 47.6 Å². The number of halogens is 1. The number of nitrogens with one attached hydrogen (secondary N) is 1. The first-order valence-corrected chi connectivity index (χ1v) is 10.5. The lowest BCUT2D eigenvalue weighted by Crippen LogP contribution is -2.27. The molecule has 0 bridgehead atoms. The Labute approximate surface area is 181 Å². The van der Waals surface area contributed by atoms with E-state index in [4.69, 9.17) is 9.47 Å². The molecule has 2 aliphatic rings. The number of carbonyl (C=O) groups excluding carboxylic acids is 1. The van der Waals surface area contributed by atoms with Gasteiger partial charge in [-0.15, -0.1) is 0 Å². The average molecular weight is 417 g/mol. The Balaban J connectivity index is 1.41. The third-order valence-electron chi connectivity index (χ3n) is 6.38. The van der Waals surface area contributed by atoms with Crippen molar-refractivity contribution in [1.29, 1.82) is 0 Å². The Morgan fingerprint density at radius 2 is 1.94 bits per heavy atom. The summed E-state index contributed by atoms with van der Waals surface area (Å²) in [6.07, 6.45) is 2.56. The van der Waals surface area contributed by atoms with Gasteiger partial charge in [0.25, 0.3) is 0 Å². The van der Waals surface area contributed by atoms with Crippen LogP contribution in [0.5, 0.6) is 11.5 Å². The molecule has 31 heavy (non-hydrogen) atoms. The van der Waals surface area contributed by atoms with Gasteiger partial charge in [-0.25, -0.2) is 4.39 Å². The fourth-order valence-corrected chi connectivity index (χ4v) is 4.35. The van der Waals surface area contributed by atoms with Crippen LogP contribution in [-0.4, -0.2) is 19.6 Å². The molecule has 0 atom stereocenters. The van der Waals surface area contributed by atoms with Crippen molar-refractivity contribution in [3.63, 3.8) is 0 Å². The van der Waals surface area contributed by atoms with Crippen molar-refractivity contribution in [2.75, 3.05) is 19.0 Å². The van der Waals surface area contributed by atoms with Crippen LogP contribution in [0.1, 0.15) is 29.5 Å². The molecule has 1 fully saturated rings. The number of amides is 1. The maximum atomic E-state index is 14.2. The summed E-state index contributed by atoms with van der Waals surface area (Å²) in [5.41, 5.74) is 5.08.